The van der Waals surface area contributed by atoms with E-state index in [1.807, 2.05) is 63.3 Å². The molecule has 1 spiro atoms. The van der Waals surface area contributed by atoms with E-state index < -0.39 is 27.4 Å². The molecule has 5 rings (SSSR count). The number of unbranched alkanes of at least 4 members (excludes halogenated alkanes) is 2. The molecule has 1 aromatic rings. The Hall–Kier alpha value is -2.58. The number of esters is 1. The highest BCUT2D eigenvalue weighted by Gasteiger charge is 2.74. The molecule has 1 N–H and O–H groups in total. The van der Waals surface area contributed by atoms with Crippen LogP contribution >= 0.6 is 11.8 Å². The van der Waals surface area contributed by atoms with Crippen molar-refractivity contribution in [1.29, 1.82) is 0 Å². The van der Waals surface area contributed by atoms with Crippen molar-refractivity contribution in [1.82, 2.24) is 4.90 Å². The van der Waals surface area contributed by atoms with Crippen molar-refractivity contribution in [3.05, 3.63) is 53.6 Å². The van der Waals surface area contributed by atoms with Crippen molar-refractivity contribution in [3.63, 3.8) is 0 Å². The van der Waals surface area contributed by atoms with Crippen molar-refractivity contribution >= 4 is 35.2 Å². The van der Waals surface area contributed by atoms with Gasteiger partial charge in [0.25, 0.3) is 5.91 Å². The van der Waals surface area contributed by atoms with E-state index >= 15 is 0 Å². The number of hydrogen-bond acceptors (Lipinski definition) is 6. The quantitative estimate of drug-likeness (QED) is 0.359. The van der Waals surface area contributed by atoms with Gasteiger partial charge in [-0.05, 0) is 63.3 Å². The Kier molecular flexibility index (Phi) is 6.53. The molecule has 8 heteroatoms. The van der Waals surface area contributed by atoms with Gasteiger partial charge in [0.1, 0.15) is 12.6 Å². The summed E-state index contributed by atoms with van der Waals surface area (Å²) >= 11 is 1.56. The van der Waals surface area contributed by atoms with Gasteiger partial charge in [-0.2, -0.15) is 0 Å². The Morgan fingerprint density at radius 3 is 2.64 bits per heavy atom. The Bertz CT molecular complexity index is 1150. The molecule has 0 aromatic heterocycles. The van der Waals surface area contributed by atoms with Crippen LogP contribution < -0.4 is 4.90 Å². The minimum absolute atomic E-state index is 0.0977. The Morgan fingerprint density at radius 2 is 1.86 bits per heavy atom. The summed E-state index contributed by atoms with van der Waals surface area (Å²) in [4.78, 5) is 45.3. The van der Waals surface area contributed by atoms with Crippen LogP contribution in [0.15, 0.2) is 42.5 Å². The van der Waals surface area contributed by atoms with Gasteiger partial charge in [0, 0.05) is 30.1 Å². The molecule has 1 aromatic carbocycles. The van der Waals surface area contributed by atoms with Gasteiger partial charge in [-0.1, -0.05) is 30.4 Å². The zero-order valence-electron chi connectivity index (χ0n) is 21.1. The molecule has 1 unspecified atom stereocenters. The van der Waals surface area contributed by atoms with Crippen molar-refractivity contribution in [2.24, 2.45) is 11.8 Å². The molecule has 4 heterocycles. The SMILES string of the molecule is Cc1ccc(C)c(N2CC=C[C@]34S[C@]5(C)C=CCOC(=O)[C@@H]5[C@H]3C(=O)N(CCCCCO)C4C2=O)c1. The number of aliphatic hydroxyl groups excluding tert-OH is 1. The number of hydrogen-bond donors (Lipinski definition) is 1. The molecular formula is C28H34N2O5S. The number of cyclic esters (lactones) is 1. The number of rotatable bonds is 6. The lowest BCUT2D eigenvalue weighted by molar-refractivity contribution is -0.152. The fourth-order valence-corrected chi connectivity index (χ4v) is 8.55. The minimum Gasteiger partial charge on any atom is -0.461 e. The molecule has 2 fully saturated rings. The molecule has 36 heavy (non-hydrogen) atoms. The van der Waals surface area contributed by atoms with Gasteiger partial charge in [-0.15, -0.1) is 11.8 Å². The number of likely N-dealkylation sites (tertiary alicyclic amines) is 1. The lowest BCUT2D eigenvalue weighted by Gasteiger charge is -2.37. The van der Waals surface area contributed by atoms with Crippen LogP contribution in [0.1, 0.15) is 37.3 Å². The van der Waals surface area contributed by atoms with Crippen LogP contribution in [-0.4, -0.2) is 69.6 Å². The number of amides is 2. The highest BCUT2D eigenvalue weighted by Crippen LogP contribution is 2.65. The molecule has 7 nitrogen and oxygen atoms in total. The first kappa shape index (κ1) is 25.1. The number of thioether (sulfide) groups is 1. The highest BCUT2D eigenvalue weighted by molar-refractivity contribution is 8.02. The molecule has 2 saturated heterocycles. The smallest absolute Gasteiger partial charge is 0.311 e. The maximum absolute atomic E-state index is 14.4. The van der Waals surface area contributed by atoms with E-state index in [0.29, 0.717) is 25.9 Å². The summed E-state index contributed by atoms with van der Waals surface area (Å²) in [6.07, 6.45) is 9.95. The molecule has 0 saturated carbocycles. The van der Waals surface area contributed by atoms with Gasteiger partial charge in [0.2, 0.25) is 5.91 Å². The molecule has 0 bridgehead atoms. The summed E-state index contributed by atoms with van der Waals surface area (Å²) in [7, 11) is 0. The second-order valence-electron chi connectivity index (χ2n) is 10.5. The van der Waals surface area contributed by atoms with Crippen LogP contribution in [0.4, 0.5) is 5.69 Å². The van der Waals surface area contributed by atoms with Crippen molar-refractivity contribution in [3.8, 4) is 0 Å². The Labute approximate surface area is 216 Å². The van der Waals surface area contributed by atoms with Gasteiger partial charge in [0.15, 0.2) is 0 Å². The molecule has 192 valence electrons. The van der Waals surface area contributed by atoms with E-state index in [4.69, 9.17) is 4.74 Å². The van der Waals surface area contributed by atoms with Crippen LogP contribution in [0.25, 0.3) is 0 Å². The summed E-state index contributed by atoms with van der Waals surface area (Å²) in [5, 5.41) is 9.22. The molecule has 2 amide bonds. The number of anilines is 1. The maximum atomic E-state index is 14.4. The largest absolute Gasteiger partial charge is 0.461 e. The predicted octanol–water partition coefficient (Wildman–Crippen LogP) is 3.17. The van der Waals surface area contributed by atoms with E-state index in [1.54, 1.807) is 21.6 Å². The number of aliphatic hydroxyl groups is 1. The fourth-order valence-electron chi connectivity index (χ4n) is 6.39. The Balaban J connectivity index is 1.61. The third-order valence-electron chi connectivity index (χ3n) is 8.03. The number of ether oxygens (including phenoxy) is 1. The van der Waals surface area contributed by atoms with Gasteiger partial charge >= 0.3 is 5.97 Å². The van der Waals surface area contributed by atoms with Crippen molar-refractivity contribution in [2.75, 3.05) is 31.2 Å². The number of carbonyl (C=O) groups excluding carboxylic acids is 3. The fraction of sp³-hybridized carbons (Fsp3) is 0.536. The molecule has 4 aliphatic rings. The van der Waals surface area contributed by atoms with Crippen LogP contribution in [0.3, 0.4) is 0 Å². The van der Waals surface area contributed by atoms with Crippen LogP contribution in [-0.2, 0) is 19.1 Å². The zero-order valence-corrected chi connectivity index (χ0v) is 21.9. The molecule has 4 aliphatic heterocycles. The molecule has 5 atom stereocenters. The summed E-state index contributed by atoms with van der Waals surface area (Å²) in [6, 6.07) is 5.34. The number of nitrogens with zero attached hydrogens (tertiary/aromatic N) is 2. The molecular weight excluding hydrogens is 476 g/mol. The Morgan fingerprint density at radius 1 is 1.06 bits per heavy atom. The topological polar surface area (TPSA) is 87.2 Å². The van der Waals surface area contributed by atoms with Crippen LogP contribution in [0, 0.1) is 25.7 Å². The third kappa shape index (κ3) is 3.80. The second kappa shape index (κ2) is 9.38. The maximum Gasteiger partial charge on any atom is 0.311 e. The van der Waals surface area contributed by atoms with Crippen molar-refractivity contribution in [2.45, 2.75) is 55.6 Å². The number of benzene rings is 1. The van der Waals surface area contributed by atoms with Crippen LogP contribution in [0.2, 0.25) is 0 Å². The number of aryl methyl sites for hydroxylation is 2. The van der Waals surface area contributed by atoms with E-state index in [0.717, 1.165) is 23.2 Å². The van der Waals surface area contributed by atoms with E-state index in [2.05, 4.69) is 0 Å². The average molecular weight is 511 g/mol. The van der Waals surface area contributed by atoms with Crippen molar-refractivity contribution < 1.29 is 24.2 Å². The predicted molar refractivity (Wildman–Crippen MR) is 140 cm³/mol. The summed E-state index contributed by atoms with van der Waals surface area (Å²) in [5.74, 6) is -1.98. The highest BCUT2D eigenvalue weighted by atomic mass is 32.2. The third-order valence-corrected chi connectivity index (χ3v) is 9.82. The molecule has 0 radical (unpaired) electrons. The summed E-state index contributed by atoms with van der Waals surface area (Å²) in [5.41, 5.74) is 2.91. The van der Waals surface area contributed by atoms with Gasteiger partial charge in [-0.25, -0.2) is 0 Å². The standard InChI is InChI=1S/C28H34N2O5S/c1-18-9-10-19(2)20(17-18)29-14-7-12-28-21(22-26(34)35-16-8-11-27(22,3)36-28)24(32)30(23(28)25(29)33)13-5-4-6-15-31/h7-12,17,21-23,31H,4-6,13-16H2,1-3H3/t21-,22-,23?,27+,28-/m0/s1. The van der Waals surface area contributed by atoms with E-state index in [9.17, 15) is 19.5 Å². The first-order valence-electron chi connectivity index (χ1n) is 12.8. The summed E-state index contributed by atoms with van der Waals surface area (Å²) < 4.78 is 3.98. The van der Waals surface area contributed by atoms with Gasteiger partial charge in [-0.3, -0.25) is 14.4 Å². The zero-order chi connectivity index (χ0) is 25.7. The number of carbonyl (C=O) groups is 3. The average Bonchev–Trinajstić information content (AvgIpc) is 3.09. The normalized spacial score (nSPS) is 33.2. The van der Waals surface area contributed by atoms with Crippen LogP contribution in [0.5, 0.6) is 0 Å². The first-order valence-corrected chi connectivity index (χ1v) is 13.6. The first-order chi connectivity index (χ1) is 17.2. The second-order valence-corrected chi connectivity index (χ2v) is 12.3. The van der Waals surface area contributed by atoms with E-state index in [-0.39, 0.29) is 31.0 Å². The monoisotopic (exact) mass is 510 g/mol. The van der Waals surface area contributed by atoms with E-state index in [1.165, 1.54) is 0 Å². The minimum atomic E-state index is -0.863. The lowest BCUT2D eigenvalue weighted by atomic mass is 9.75. The molecule has 0 aliphatic carbocycles. The van der Waals surface area contributed by atoms with Gasteiger partial charge in [0.05, 0.1) is 16.6 Å². The summed E-state index contributed by atoms with van der Waals surface area (Å²) in [6.45, 7) is 7.10. The van der Waals surface area contributed by atoms with Gasteiger partial charge < -0.3 is 19.6 Å². The number of fused-ring (bicyclic) bond motifs is 2. The lowest BCUT2D eigenvalue weighted by Crippen LogP contribution is -2.53.